The number of nitrogens with one attached hydrogen (secondary N) is 2. The van der Waals surface area contributed by atoms with Gasteiger partial charge in [-0.3, -0.25) is 24.1 Å². The summed E-state index contributed by atoms with van der Waals surface area (Å²) in [7, 11) is 4.08. The lowest BCUT2D eigenvalue weighted by Gasteiger charge is -2.36. The maximum atomic E-state index is 14.5. The average molecular weight is 1420 g/mol. The van der Waals surface area contributed by atoms with Crippen molar-refractivity contribution in [2.45, 2.75) is 121 Å². The first-order valence-electron chi connectivity index (χ1n) is 35.1. The second kappa shape index (κ2) is 33.5. The number of piperidine rings is 3. The van der Waals surface area contributed by atoms with Gasteiger partial charge >= 0.3 is 42.5 Å². The number of alkyl halides is 9. The van der Waals surface area contributed by atoms with Crippen LogP contribution in [0.25, 0.3) is 0 Å². The lowest BCUT2D eigenvalue weighted by Crippen LogP contribution is -2.45. The number of hydrogen-bond acceptors (Lipinski definition) is 15. The molecule has 7 aliphatic heterocycles. The third kappa shape index (κ3) is 18.3. The second-order valence-electron chi connectivity index (χ2n) is 27.6. The molecule has 7 fully saturated rings. The number of methoxy groups -OCH3 is 3. The number of imide groups is 1. The topological polar surface area (TPSA) is 163 Å². The molecular weight excluding hydrogens is 1330 g/mol. The Labute approximate surface area is 584 Å². The van der Waals surface area contributed by atoms with Crippen molar-refractivity contribution in [2.75, 3.05) is 121 Å². The highest BCUT2D eigenvalue weighted by atomic mass is 19.4. The second-order valence-corrected chi connectivity index (χ2v) is 27.6. The summed E-state index contributed by atoms with van der Waals surface area (Å²) in [5.74, 6) is -1.76. The number of hydrogen-bond donors (Lipinski definition) is 2. The third-order valence-corrected chi connectivity index (χ3v) is 21.6. The van der Waals surface area contributed by atoms with Crippen LogP contribution in [0.1, 0.15) is 127 Å². The maximum Gasteiger partial charge on any atom is 0.416 e. The van der Waals surface area contributed by atoms with Gasteiger partial charge in [-0.05, 0) is 134 Å². The Morgan fingerprint density at radius 1 is 0.485 bits per heavy atom. The summed E-state index contributed by atoms with van der Waals surface area (Å²) in [6, 6.07) is 30.9. The smallest absolute Gasteiger partial charge is 0.416 e. The Morgan fingerprint density at radius 2 is 0.851 bits per heavy atom. The molecule has 0 spiro atoms. The number of nitrogens with zero attached hydrogens (tertiary/aromatic N) is 5. The Bertz CT molecular complexity index is 3500. The molecule has 7 saturated heterocycles. The third-order valence-electron chi connectivity index (χ3n) is 21.6. The van der Waals surface area contributed by atoms with Gasteiger partial charge in [0.15, 0.2) is 0 Å². The number of ether oxygens (including phenoxy) is 4. The van der Waals surface area contributed by atoms with E-state index >= 15 is 0 Å². The van der Waals surface area contributed by atoms with Gasteiger partial charge < -0.3 is 44.3 Å². The Morgan fingerprint density at radius 3 is 1.21 bits per heavy atom. The Kier molecular flexibility index (Phi) is 25.1. The van der Waals surface area contributed by atoms with Crippen LogP contribution in [0.2, 0.25) is 0 Å². The van der Waals surface area contributed by atoms with Crippen LogP contribution in [0.5, 0.6) is 0 Å². The largest absolute Gasteiger partial charge is 0.469 e. The highest BCUT2D eigenvalue weighted by Gasteiger charge is 2.49. The standard InChI is InChI=1S/C36H38F3N3O5.2C20H27F3N2O2/c1-46-34(44)26-14-16-41(17-15-26)32-19-27(36(37,38)39)12-13-29(32)30-21-40(20-25-10-6-3-7-11-25)22-31(30)33(43)42-28(23-47-35(42)45)18-24-8-4-2-5-9-24;2*1-3-13-11-24-12-17(13)16-5-4-15(20(21,22)23)10-18(16)25-8-6-14(7-9-25)19(26)27-2/h2-13,19,26,28,30-31H,14-18,20-23H2,1H3;2*4-5,10,13-14,17,24H,3,6-9,11-12H2,1-2H3/t28-,30+,31-;2*13-,17-/m110/s1. The fraction of sp³-hybridized carbons (Fsp3) is 0.539. The summed E-state index contributed by atoms with van der Waals surface area (Å²) < 4.78 is 142. The van der Waals surface area contributed by atoms with Crippen LogP contribution in [0, 0.1) is 35.5 Å². The van der Waals surface area contributed by atoms with Crippen LogP contribution < -0.4 is 25.3 Å². The van der Waals surface area contributed by atoms with Crippen molar-refractivity contribution in [3.63, 3.8) is 0 Å². The van der Waals surface area contributed by atoms with Gasteiger partial charge in [0.25, 0.3) is 0 Å². The molecule has 0 radical (unpaired) electrons. The molecule has 548 valence electrons. The summed E-state index contributed by atoms with van der Waals surface area (Å²) in [4.78, 5) is 72.5. The molecule has 16 nitrogen and oxygen atoms in total. The van der Waals surface area contributed by atoms with E-state index in [1.807, 2.05) is 75.4 Å². The van der Waals surface area contributed by atoms with Crippen molar-refractivity contribution in [3.8, 4) is 0 Å². The fourth-order valence-electron chi connectivity index (χ4n) is 15.9. The lowest BCUT2D eigenvalue weighted by atomic mass is 9.85. The molecule has 25 heteroatoms. The first-order chi connectivity index (χ1) is 48.3. The Hall–Kier alpha value is -7.90. The number of benzene rings is 5. The SMILES string of the molecule is CC[C@@H]1CNC[C@H]1c1ccc(C(F)(F)F)cc1N1CCC(C(=O)OC)CC1.CC[C@H]1CNC[C@@H]1c1ccc(C(F)(F)F)cc1N1CCC(C(=O)OC)CC1.COC(=O)C1CCN(c2cc(C(F)(F)F)ccc2[C@@H]2CN(Cc3ccccc3)C[C@H]2C(=O)N2C(=O)OC[C@H]2Cc2ccccc2)CC1. The summed E-state index contributed by atoms with van der Waals surface area (Å²) in [5.41, 5.74) is 4.31. The number of likely N-dealkylation sites (tertiary alicyclic amines) is 1. The van der Waals surface area contributed by atoms with Crippen LogP contribution in [-0.2, 0) is 69.6 Å². The highest BCUT2D eigenvalue weighted by Crippen LogP contribution is 2.46. The van der Waals surface area contributed by atoms with E-state index in [1.165, 1.54) is 56.6 Å². The summed E-state index contributed by atoms with van der Waals surface area (Å²) >= 11 is 0. The van der Waals surface area contributed by atoms with E-state index < -0.39 is 59.2 Å². The van der Waals surface area contributed by atoms with Gasteiger partial charge in [-0.15, -0.1) is 0 Å². The van der Waals surface area contributed by atoms with Gasteiger partial charge in [0, 0.05) is 107 Å². The monoisotopic (exact) mass is 1420 g/mol. The molecule has 0 aromatic heterocycles. The maximum absolute atomic E-state index is 14.5. The zero-order valence-electron chi connectivity index (χ0n) is 57.8. The molecule has 0 aliphatic carbocycles. The predicted molar refractivity (Wildman–Crippen MR) is 364 cm³/mol. The number of carbonyl (C=O) groups is 5. The molecule has 7 aliphatic rings. The average Bonchev–Trinajstić information content (AvgIpc) is 1.70. The molecule has 5 aromatic carbocycles. The summed E-state index contributed by atoms with van der Waals surface area (Å²) in [5, 5.41) is 6.75. The molecule has 7 heterocycles. The first-order valence-corrected chi connectivity index (χ1v) is 35.1. The minimum absolute atomic E-state index is 0.0747. The number of anilines is 3. The van der Waals surface area contributed by atoms with E-state index in [9.17, 15) is 63.5 Å². The minimum atomic E-state index is -4.56. The normalized spacial score (nSPS) is 23.4. The van der Waals surface area contributed by atoms with Crippen LogP contribution in [0.4, 0.5) is 61.4 Å². The quantitative estimate of drug-likeness (QED) is 0.0545. The van der Waals surface area contributed by atoms with Crippen molar-refractivity contribution < 1.29 is 82.4 Å². The molecule has 2 amide bonds. The van der Waals surface area contributed by atoms with Crippen molar-refractivity contribution in [3.05, 3.63) is 160 Å². The van der Waals surface area contributed by atoms with E-state index in [4.69, 9.17) is 18.9 Å². The van der Waals surface area contributed by atoms with Crippen LogP contribution in [0.3, 0.4) is 0 Å². The number of cyclic esters (lactones) is 1. The first kappa shape index (κ1) is 75.8. The fourth-order valence-corrected chi connectivity index (χ4v) is 15.9. The molecule has 0 bridgehead atoms. The van der Waals surface area contributed by atoms with Crippen LogP contribution in [0.15, 0.2) is 115 Å². The van der Waals surface area contributed by atoms with Crippen molar-refractivity contribution in [1.29, 1.82) is 0 Å². The van der Waals surface area contributed by atoms with Gasteiger partial charge in [0.1, 0.15) is 6.61 Å². The van der Waals surface area contributed by atoms with E-state index in [0.717, 1.165) is 73.4 Å². The Balaban J connectivity index is 0.000000175. The number of carbonyl (C=O) groups excluding carboxylic acids is 5. The zero-order valence-corrected chi connectivity index (χ0v) is 57.8. The molecule has 12 rings (SSSR count). The molecular formula is C76H92F9N7O9. The lowest BCUT2D eigenvalue weighted by molar-refractivity contribution is -0.146. The van der Waals surface area contributed by atoms with Crippen molar-refractivity contribution in [2.24, 2.45) is 35.5 Å². The molecule has 5 aromatic rings. The molecule has 101 heavy (non-hydrogen) atoms. The highest BCUT2D eigenvalue weighted by molar-refractivity contribution is 5.96. The van der Waals surface area contributed by atoms with Crippen LogP contribution in [-0.4, -0.2) is 152 Å². The van der Waals surface area contributed by atoms with E-state index in [1.54, 1.807) is 12.1 Å². The molecule has 7 atom stereocenters. The number of esters is 3. The van der Waals surface area contributed by atoms with Crippen molar-refractivity contribution in [1.82, 2.24) is 20.4 Å². The zero-order chi connectivity index (χ0) is 72.3. The number of halogens is 9. The van der Waals surface area contributed by atoms with Gasteiger partial charge in [0.05, 0.1) is 67.7 Å². The molecule has 2 N–H and O–H groups in total. The number of rotatable bonds is 16. The van der Waals surface area contributed by atoms with Crippen molar-refractivity contribution >= 4 is 47.0 Å². The molecule has 0 saturated carbocycles. The summed E-state index contributed by atoms with van der Waals surface area (Å²) in [6.45, 7) is 11.9. The van der Waals surface area contributed by atoms with E-state index in [2.05, 4.69) is 29.4 Å². The van der Waals surface area contributed by atoms with Gasteiger partial charge in [0.2, 0.25) is 5.91 Å². The van der Waals surface area contributed by atoms with Gasteiger partial charge in [-0.1, -0.05) is 106 Å². The predicted octanol–water partition coefficient (Wildman–Crippen LogP) is 13.5. The van der Waals surface area contributed by atoms with Crippen LogP contribution >= 0.6 is 0 Å². The van der Waals surface area contributed by atoms with Gasteiger partial charge in [-0.2, -0.15) is 39.5 Å². The van der Waals surface area contributed by atoms with Gasteiger partial charge in [-0.25, -0.2) is 9.69 Å². The summed E-state index contributed by atoms with van der Waals surface area (Å²) in [6.07, 6.45) is -8.30. The van der Waals surface area contributed by atoms with E-state index in [-0.39, 0.29) is 60.0 Å². The van der Waals surface area contributed by atoms with E-state index in [0.29, 0.717) is 138 Å². The molecule has 0 unspecified atom stereocenters. The number of amides is 2. The minimum Gasteiger partial charge on any atom is -0.469 e.